The van der Waals surface area contributed by atoms with E-state index in [1.807, 2.05) is 47.5 Å². The molecule has 4 N–H and O–H groups in total. The van der Waals surface area contributed by atoms with Crippen molar-refractivity contribution in [1.29, 1.82) is 0 Å². The highest BCUT2D eigenvalue weighted by Crippen LogP contribution is 2.37. The van der Waals surface area contributed by atoms with Gasteiger partial charge in [0, 0.05) is 90.6 Å². The summed E-state index contributed by atoms with van der Waals surface area (Å²) in [6.07, 6.45) is 8.44. The van der Waals surface area contributed by atoms with Crippen LogP contribution in [0, 0.1) is 0 Å². The number of nitrogen functional groups attached to an aromatic ring is 1. The number of carbonyl (C=O) groups excluding carboxylic acids is 2. The smallest absolute Gasteiger partial charge is 0.326 e. The quantitative estimate of drug-likeness (QED) is 0.281. The second-order valence-electron chi connectivity index (χ2n) is 14.5. The highest BCUT2D eigenvalue weighted by molar-refractivity contribution is 9.11. The Morgan fingerprint density at radius 2 is 1.59 bits per heavy atom. The average Bonchev–Trinajstić information content (AvgIpc) is 3.61. The predicted octanol–water partition coefficient (Wildman–Crippen LogP) is 4.69. The van der Waals surface area contributed by atoms with Crippen molar-refractivity contribution in [2.45, 2.75) is 75.2 Å². The maximum atomic E-state index is 14.2. The fraction of sp³-hybridized carbons (Fsp3) is 0.541. The molecule has 14 heteroatoms. The summed E-state index contributed by atoms with van der Waals surface area (Å²) in [5, 5.41) is 3.12. The molecule has 0 radical (unpaired) electrons. The van der Waals surface area contributed by atoms with Crippen LogP contribution in [0.1, 0.15) is 50.1 Å². The maximum Gasteiger partial charge on any atom is 0.326 e. The molecule has 4 saturated heterocycles. The second kappa shape index (κ2) is 15.3. The molecule has 4 fully saturated rings. The van der Waals surface area contributed by atoms with Crippen molar-refractivity contribution < 1.29 is 14.3 Å². The van der Waals surface area contributed by atoms with Crippen LogP contribution >= 0.6 is 31.9 Å². The number of rotatable bonds is 8. The van der Waals surface area contributed by atoms with Gasteiger partial charge in [-0.25, -0.2) is 9.59 Å². The van der Waals surface area contributed by atoms with Gasteiger partial charge in [0.1, 0.15) is 11.8 Å². The number of piperazine rings is 1. The molecule has 0 saturated carbocycles. The molecule has 2 bridgehead atoms. The number of fused-ring (bicyclic) bond motifs is 2. The molecule has 0 spiro atoms. The van der Waals surface area contributed by atoms with Crippen LogP contribution in [0.2, 0.25) is 0 Å². The summed E-state index contributed by atoms with van der Waals surface area (Å²) < 4.78 is 8.56. The summed E-state index contributed by atoms with van der Waals surface area (Å²) in [5.41, 5.74) is 9.06. The van der Waals surface area contributed by atoms with E-state index in [1.165, 1.54) is 25.7 Å². The van der Waals surface area contributed by atoms with Crippen LogP contribution in [0.5, 0.6) is 5.75 Å². The van der Waals surface area contributed by atoms with E-state index in [-0.39, 0.29) is 23.7 Å². The summed E-state index contributed by atoms with van der Waals surface area (Å²) >= 11 is 7.08. The van der Waals surface area contributed by atoms with Gasteiger partial charge in [-0.05, 0) is 107 Å². The number of H-pyrrole nitrogens is 1. The first-order chi connectivity index (χ1) is 24.6. The Morgan fingerprint density at radius 1 is 0.922 bits per heavy atom. The number of methoxy groups -OCH3 is 1. The standard InChI is InChI=1S/C37H48Br2N8O4/c1-43-26-6-7-27(43)21-28(20-26)44-12-14-45(15-13-44)35(48)32(18-23-16-30(38)34(40)31(39)17-23)41-36(49)46-10-8-25(9-11-46)47-22-33(42-37(47)50)24-4-3-5-29(19-24)51-2/h3-5,16-17,19,22,25-28,32H,6-15,18,20-21,40H2,1-2H3,(H,41,49)(H,42,50)/t26?,27?,28?,32-/m1/s1. The highest BCUT2D eigenvalue weighted by Gasteiger charge is 2.41. The first-order valence-electron chi connectivity index (χ1n) is 18.1. The molecule has 7 rings (SSSR count). The number of imidazole rings is 1. The Bertz CT molecular complexity index is 1760. The van der Waals surface area contributed by atoms with Gasteiger partial charge in [0.25, 0.3) is 0 Å². The molecule has 51 heavy (non-hydrogen) atoms. The summed E-state index contributed by atoms with van der Waals surface area (Å²) in [6.45, 7) is 3.95. The number of benzene rings is 2. The number of hydrogen-bond donors (Lipinski definition) is 3. The molecule has 12 nitrogen and oxygen atoms in total. The van der Waals surface area contributed by atoms with E-state index >= 15 is 0 Å². The Hall–Kier alpha value is -3.33. The minimum Gasteiger partial charge on any atom is -0.497 e. The largest absolute Gasteiger partial charge is 0.497 e. The van der Waals surface area contributed by atoms with Gasteiger partial charge in [0.05, 0.1) is 18.5 Å². The molecule has 3 aromatic rings. The van der Waals surface area contributed by atoms with E-state index in [0.29, 0.717) is 69.3 Å². The number of ether oxygens (including phenoxy) is 1. The Kier molecular flexibility index (Phi) is 10.8. The third-order valence-electron chi connectivity index (χ3n) is 11.7. The molecule has 274 valence electrons. The molecule has 2 unspecified atom stereocenters. The number of urea groups is 1. The van der Waals surface area contributed by atoms with Gasteiger partial charge in [-0.1, -0.05) is 12.1 Å². The van der Waals surface area contributed by atoms with Crippen molar-refractivity contribution in [3.63, 3.8) is 0 Å². The lowest BCUT2D eigenvalue weighted by atomic mass is 9.96. The Balaban J connectivity index is 0.997. The molecule has 5 heterocycles. The van der Waals surface area contributed by atoms with Crippen LogP contribution in [0.3, 0.4) is 0 Å². The van der Waals surface area contributed by atoms with Gasteiger partial charge in [-0.15, -0.1) is 0 Å². The zero-order valence-electron chi connectivity index (χ0n) is 29.3. The van der Waals surface area contributed by atoms with Gasteiger partial charge in [0.2, 0.25) is 5.91 Å². The van der Waals surface area contributed by atoms with E-state index in [2.05, 4.69) is 59.0 Å². The zero-order valence-corrected chi connectivity index (χ0v) is 32.5. The van der Waals surface area contributed by atoms with Gasteiger partial charge in [-0.2, -0.15) is 0 Å². The minimum absolute atomic E-state index is 0.0462. The Labute approximate surface area is 315 Å². The number of nitrogens with two attached hydrogens (primary N) is 1. The molecule has 3 amide bonds. The molecular weight excluding hydrogens is 780 g/mol. The fourth-order valence-corrected chi connectivity index (χ4v) is 9.89. The van der Waals surface area contributed by atoms with Crippen LogP contribution in [-0.4, -0.2) is 119 Å². The first-order valence-corrected chi connectivity index (χ1v) is 19.7. The average molecular weight is 829 g/mol. The number of amides is 3. The number of carbonyl (C=O) groups is 2. The normalized spacial score (nSPS) is 23.7. The molecule has 4 aliphatic heterocycles. The van der Waals surface area contributed by atoms with Gasteiger partial charge < -0.3 is 35.5 Å². The number of piperidine rings is 2. The van der Waals surface area contributed by atoms with Crippen molar-refractivity contribution in [2.75, 3.05) is 59.2 Å². The molecule has 4 aliphatic rings. The van der Waals surface area contributed by atoms with Gasteiger partial charge in [-0.3, -0.25) is 14.3 Å². The molecule has 2 aromatic carbocycles. The lowest BCUT2D eigenvalue weighted by Crippen LogP contribution is -2.59. The number of hydrogen-bond acceptors (Lipinski definition) is 7. The second-order valence-corrected chi connectivity index (χ2v) is 16.3. The number of nitrogens with zero attached hydrogens (tertiary/aromatic N) is 5. The SMILES string of the molecule is COc1cccc(-c2cn(C3CCN(C(=O)N[C@H](Cc4cc(Br)c(N)c(Br)c4)C(=O)N4CCN(C5CC6CCC(C5)N6C)CC4)CC3)c(=O)[nH]2)c1. The number of aromatic amines is 1. The summed E-state index contributed by atoms with van der Waals surface area (Å²) in [5.74, 6) is 0.657. The zero-order chi connectivity index (χ0) is 35.8. The topological polar surface area (TPSA) is 132 Å². The predicted molar refractivity (Wildman–Crippen MR) is 205 cm³/mol. The number of anilines is 1. The van der Waals surface area contributed by atoms with Crippen LogP contribution in [0.4, 0.5) is 10.5 Å². The monoisotopic (exact) mass is 826 g/mol. The Morgan fingerprint density at radius 3 is 2.24 bits per heavy atom. The fourth-order valence-electron chi connectivity index (χ4n) is 8.60. The van der Waals surface area contributed by atoms with Crippen molar-refractivity contribution >= 4 is 49.5 Å². The number of aromatic nitrogens is 2. The van der Waals surface area contributed by atoms with Crippen molar-refractivity contribution in [1.82, 2.24) is 34.5 Å². The summed E-state index contributed by atoms with van der Waals surface area (Å²) in [6, 6.07) is 12.3. The van der Waals surface area contributed by atoms with Gasteiger partial charge >= 0.3 is 11.7 Å². The maximum absolute atomic E-state index is 14.2. The number of likely N-dealkylation sites (tertiary alicyclic amines) is 1. The van der Waals surface area contributed by atoms with E-state index in [9.17, 15) is 14.4 Å². The van der Waals surface area contributed by atoms with Crippen LogP contribution in [0.15, 0.2) is 56.3 Å². The lowest BCUT2D eigenvalue weighted by molar-refractivity contribution is -0.135. The third-order valence-corrected chi connectivity index (χ3v) is 13.0. The molecular formula is C37H48Br2N8O4. The van der Waals surface area contributed by atoms with E-state index in [4.69, 9.17) is 10.5 Å². The molecule has 1 aromatic heterocycles. The first kappa shape index (κ1) is 36.0. The highest BCUT2D eigenvalue weighted by atomic mass is 79.9. The minimum atomic E-state index is -0.735. The van der Waals surface area contributed by atoms with Crippen molar-refractivity contribution in [3.05, 3.63) is 67.6 Å². The van der Waals surface area contributed by atoms with Crippen LogP contribution in [-0.2, 0) is 11.2 Å². The molecule has 3 atom stereocenters. The van der Waals surface area contributed by atoms with Gasteiger partial charge in [0.15, 0.2) is 0 Å². The van der Waals surface area contributed by atoms with E-state index in [1.54, 1.807) is 16.6 Å². The lowest BCUT2D eigenvalue weighted by Gasteiger charge is -2.45. The number of nitrogens with one attached hydrogen (secondary N) is 2. The van der Waals surface area contributed by atoms with E-state index < -0.39 is 6.04 Å². The summed E-state index contributed by atoms with van der Waals surface area (Å²) in [7, 11) is 3.89. The summed E-state index contributed by atoms with van der Waals surface area (Å²) in [4.78, 5) is 52.8. The van der Waals surface area contributed by atoms with Crippen LogP contribution < -0.4 is 21.5 Å². The third kappa shape index (κ3) is 7.74. The van der Waals surface area contributed by atoms with Crippen molar-refractivity contribution in [2.24, 2.45) is 0 Å². The van der Waals surface area contributed by atoms with E-state index in [0.717, 1.165) is 44.6 Å². The number of halogens is 2. The molecule has 0 aliphatic carbocycles. The van der Waals surface area contributed by atoms with Crippen molar-refractivity contribution in [3.8, 4) is 17.0 Å². The van der Waals surface area contributed by atoms with Crippen LogP contribution in [0.25, 0.3) is 11.3 Å².